The molecular weight excluding hydrogens is 690 g/mol. The summed E-state index contributed by atoms with van der Waals surface area (Å²) in [6, 6.07) is 12.4. The summed E-state index contributed by atoms with van der Waals surface area (Å²) in [7, 11) is 0. The van der Waals surface area contributed by atoms with E-state index in [1.807, 2.05) is 30.3 Å². The highest BCUT2D eigenvalue weighted by Gasteiger charge is 2.29. The first-order chi connectivity index (χ1) is 15.3. The van der Waals surface area contributed by atoms with Gasteiger partial charge in [-0.3, -0.25) is 0 Å². The molecular formula is C22H18Br3Cl3O5. The van der Waals surface area contributed by atoms with Crippen molar-refractivity contribution in [3.05, 3.63) is 80.8 Å². The minimum Gasteiger partial charge on any atom is -0.492 e. The summed E-state index contributed by atoms with van der Waals surface area (Å²) in [6.45, 7) is 3.75. The van der Waals surface area contributed by atoms with Gasteiger partial charge in [0.05, 0.1) is 22.2 Å². The molecule has 2 rings (SSSR count). The Kier molecular flexibility index (Phi) is 13.1. The number of benzene rings is 2. The largest absolute Gasteiger partial charge is 0.492 e. The number of halogens is 6. The molecule has 0 aliphatic rings. The summed E-state index contributed by atoms with van der Waals surface area (Å²) >= 11 is 27.1. The fourth-order valence-electron chi connectivity index (χ4n) is 2.18. The number of ether oxygens (including phenoxy) is 1. The van der Waals surface area contributed by atoms with Crippen LogP contribution in [0.15, 0.2) is 60.2 Å². The van der Waals surface area contributed by atoms with Crippen LogP contribution in [-0.4, -0.2) is 30.9 Å². The van der Waals surface area contributed by atoms with Crippen LogP contribution < -0.4 is 4.74 Å². The van der Waals surface area contributed by atoms with Crippen LogP contribution in [0.4, 0.5) is 0 Å². The Bertz CT molecular complexity index is 1020. The molecule has 0 saturated carbocycles. The predicted octanol–water partition coefficient (Wildman–Crippen LogP) is 8.44. The second-order valence-corrected chi connectivity index (χ2v) is 14.2. The zero-order chi connectivity index (χ0) is 25.2. The highest BCUT2D eigenvalue weighted by atomic mass is 80.0. The summed E-state index contributed by atoms with van der Waals surface area (Å²) in [5.74, 6) is -1.57. The third kappa shape index (κ3) is 10.8. The smallest absolute Gasteiger partial charge is 0.334 e. The lowest BCUT2D eigenvalue weighted by atomic mass is 10.1. The Labute approximate surface area is 231 Å². The van der Waals surface area contributed by atoms with E-state index >= 15 is 0 Å². The van der Waals surface area contributed by atoms with E-state index in [0.29, 0.717) is 30.2 Å². The number of hydrogen-bond acceptors (Lipinski definition) is 3. The predicted molar refractivity (Wildman–Crippen MR) is 145 cm³/mol. The van der Waals surface area contributed by atoms with E-state index in [1.165, 1.54) is 0 Å². The number of hydrogen-bond donors (Lipinski definition) is 2. The van der Waals surface area contributed by atoms with Gasteiger partial charge in [0.1, 0.15) is 10.8 Å². The monoisotopic (exact) mass is 704 g/mol. The lowest BCUT2D eigenvalue weighted by Crippen LogP contribution is -2.14. The standard InChI is InChI=1S/C12H11Cl3O3.C10H7Br3O2/c1-7(12(16)17)3-2-6-18-9-5-4-8(13)10(14)11(9)15;11-10(12,13)8(9(14)15)6-7-4-2-1-3-5-7/h4-5H,1-3,6H2,(H,16,17);1-6H,(H,14,15). The van der Waals surface area contributed by atoms with Crippen molar-refractivity contribution in [3.8, 4) is 5.75 Å². The number of aliphatic carboxylic acids is 2. The first-order valence-electron chi connectivity index (χ1n) is 9.09. The molecule has 11 heteroatoms. The van der Waals surface area contributed by atoms with Crippen LogP contribution in [0.5, 0.6) is 5.75 Å². The molecule has 0 saturated heterocycles. The van der Waals surface area contributed by atoms with Gasteiger partial charge in [-0.2, -0.15) is 0 Å². The second-order valence-electron chi connectivity index (χ2n) is 6.31. The first-order valence-corrected chi connectivity index (χ1v) is 12.6. The molecule has 0 aliphatic heterocycles. The maximum Gasteiger partial charge on any atom is 0.334 e. The molecule has 2 aromatic rings. The van der Waals surface area contributed by atoms with E-state index in [9.17, 15) is 9.59 Å². The number of carboxylic acid groups (broad SMARTS) is 2. The molecule has 0 spiro atoms. The van der Waals surface area contributed by atoms with Crippen molar-refractivity contribution in [2.45, 2.75) is 15.0 Å². The molecule has 178 valence electrons. The molecule has 0 radical (unpaired) electrons. The first kappa shape index (κ1) is 30.0. The van der Waals surface area contributed by atoms with Gasteiger partial charge in [-0.15, -0.1) is 0 Å². The van der Waals surface area contributed by atoms with Crippen molar-refractivity contribution >= 4 is 101 Å². The van der Waals surface area contributed by atoms with Gasteiger partial charge < -0.3 is 14.9 Å². The van der Waals surface area contributed by atoms with E-state index < -0.39 is 14.1 Å². The number of rotatable bonds is 8. The normalized spacial score (nSPS) is 11.3. The van der Waals surface area contributed by atoms with Crippen LogP contribution in [0.25, 0.3) is 6.08 Å². The minimum atomic E-state index is -0.998. The highest BCUT2D eigenvalue weighted by Crippen LogP contribution is 2.41. The maximum absolute atomic E-state index is 11.0. The Hall–Kier alpha value is -1.03. The fraction of sp³-hybridized carbons (Fsp3) is 0.182. The average Bonchev–Trinajstić information content (AvgIpc) is 2.74. The van der Waals surface area contributed by atoms with E-state index in [-0.39, 0.29) is 21.2 Å². The topological polar surface area (TPSA) is 83.8 Å². The van der Waals surface area contributed by atoms with Gasteiger partial charge in [-0.1, -0.05) is 120 Å². The van der Waals surface area contributed by atoms with Crippen LogP contribution in [0.3, 0.4) is 0 Å². The minimum absolute atomic E-state index is 0.152. The Balaban J connectivity index is 0.000000335. The van der Waals surface area contributed by atoms with Crippen molar-refractivity contribution in [1.29, 1.82) is 0 Å². The lowest BCUT2D eigenvalue weighted by molar-refractivity contribution is -0.133. The summed E-state index contributed by atoms with van der Waals surface area (Å²) < 4.78 is 4.49. The van der Waals surface area contributed by atoms with Gasteiger partial charge in [-0.05, 0) is 36.6 Å². The number of carboxylic acids is 2. The maximum atomic E-state index is 11.0. The van der Waals surface area contributed by atoms with E-state index in [2.05, 4.69) is 54.4 Å². The molecule has 2 N–H and O–H groups in total. The summed E-state index contributed by atoms with van der Waals surface area (Å²) in [5, 5.41) is 18.5. The molecule has 0 heterocycles. The van der Waals surface area contributed by atoms with Crippen LogP contribution in [0.1, 0.15) is 18.4 Å². The third-order valence-electron chi connectivity index (χ3n) is 3.83. The molecule has 33 heavy (non-hydrogen) atoms. The fourth-order valence-corrected chi connectivity index (χ4v) is 3.61. The Morgan fingerprint density at radius 1 is 0.970 bits per heavy atom. The van der Waals surface area contributed by atoms with Crippen molar-refractivity contribution in [1.82, 2.24) is 0 Å². The zero-order valence-corrected chi connectivity index (χ0v) is 23.9. The van der Waals surface area contributed by atoms with Crippen LogP contribution in [0.2, 0.25) is 15.1 Å². The summed E-state index contributed by atoms with van der Waals surface area (Å²) in [5.41, 5.74) is 1.16. The van der Waals surface area contributed by atoms with Gasteiger partial charge >= 0.3 is 11.9 Å². The highest BCUT2D eigenvalue weighted by molar-refractivity contribution is 9.39. The van der Waals surface area contributed by atoms with Crippen LogP contribution in [-0.2, 0) is 9.59 Å². The van der Waals surface area contributed by atoms with Gasteiger partial charge in [0.2, 0.25) is 0 Å². The van der Waals surface area contributed by atoms with Gasteiger partial charge in [-0.25, -0.2) is 9.59 Å². The van der Waals surface area contributed by atoms with Gasteiger partial charge in [0, 0.05) is 5.57 Å². The summed E-state index contributed by atoms with van der Waals surface area (Å²) in [6.07, 6.45) is 2.47. The van der Waals surface area contributed by atoms with Crippen LogP contribution >= 0.6 is 82.6 Å². The van der Waals surface area contributed by atoms with E-state index in [4.69, 9.17) is 49.8 Å². The van der Waals surface area contributed by atoms with Gasteiger partial charge in [0.15, 0.2) is 2.14 Å². The molecule has 5 nitrogen and oxygen atoms in total. The molecule has 0 atom stereocenters. The molecule has 0 bridgehead atoms. The van der Waals surface area contributed by atoms with E-state index in [1.54, 1.807) is 18.2 Å². The molecule has 0 unspecified atom stereocenters. The summed E-state index contributed by atoms with van der Waals surface area (Å²) in [4.78, 5) is 21.5. The van der Waals surface area contributed by atoms with Crippen LogP contribution in [0, 0.1) is 0 Å². The molecule has 0 aromatic heterocycles. The molecule has 0 amide bonds. The third-order valence-corrected chi connectivity index (χ3v) is 6.39. The zero-order valence-electron chi connectivity index (χ0n) is 16.8. The second kappa shape index (κ2) is 14.4. The Morgan fingerprint density at radius 3 is 2.09 bits per heavy atom. The quantitative estimate of drug-likeness (QED) is 0.125. The number of carbonyl (C=O) groups is 2. The lowest BCUT2D eigenvalue weighted by Gasteiger charge is -2.12. The van der Waals surface area contributed by atoms with Crippen molar-refractivity contribution in [2.75, 3.05) is 6.61 Å². The Morgan fingerprint density at radius 2 is 1.58 bits per heavy atom. The van der Waals surface area contributed by atoms with Crippen molar-refractivity contribution in [2.24, 2.45) is 0 Å². The SMILES string of the molecule is C=C(CCCOc1ccc(Cl)c(Cl)c1Cl)C(=O)O.O=C(O)C(=Cc1ccccc1)C(Br)(Br)Br. The number of alkyl halides is 3. The molecule has 0 fully saturated rings. The molecule has 2 aromatic carbocycles. The van der Waals surface area contributed by atoms with E-state index in [0.717, 1.165) is 5.56 Å². The average molecular weight is 708 g/mol. The van der Waals surface area contributed by atoms with Gasteiger partial charge in [0.25, 0.3) is 0 Å². The molecule has 0 aliphatic carbocycles. The van der Waals surface area contributed by atoms with Crippen molar-refractivity contribution < 1.29 is 24.5 Å². The van der Waals surface area contributed by atoms with Crippen molar-refractivity contribution in [3.63, 3.8) is 0 Å².